The molecule has 0 atom stereocenters. The van der Waals surface area contributed by atoms with Crippen LogP contribution in [0.3, 0.4) is 0 Å². The number of ether oxygens (including phenoxy) is 1. The van der Waals surface area contributed by atoms with Crippen LogP contribution in [-0.2, 0) is 11.8 Å². The molecule has 1 aromatic heterocycles. The van der Waals surface area contributed by atoms with E-state index in [0.29, 0.717) is 11.0 Å². The van der Waals surface area contributed by atoms with E-state index in [1.807, 2.05) is 67.9 Å². The number of carbonyl (C=O) groups excluding carboxylic acids is 1. The molecule has 2 aromatic carbocycles. The number of hydrogen-bond donors (Lipinski definition) is 1. The van der Waals surface area contributed by atoms with Gasteiger partial charge in [-0.1, -0.05) is 36.0 Å². The number of benzene rings is 2. The van der Waals surface area contributed by atoms with E-state index in [1.54, 1.807) is 7.11 Å². The molecule has 0 saturated carbocycles. The van der Waals surface area contributed by atoms with Gasteiger partial charge in [-0.15, -0.1) is 10.2 Å². The van der Waals surface area contributed by atoms with Crippen molar-refractivity contribution in [3.05, 3.63) is 53.6 Å². The van der Waals surface area contributed by atoms with Crippen LogP contribution in [0.2, 0.25) is 0 Å². The van der Waals surface area contributed by atoms with Gasteiger partial charge in [0.15, 0.2) is 11.0 Å². The number of methoxy groups -OCH3 is 1. The van der Waals surface area contributed by atoms with E-state index in [1.165, 1.54) is 11.8 Å². The predicted molar refractivity (Wildman–Crippen MR) is 108 cm³/mol. The quantitative estimate of drug-likeness (QED) is 0.656. The first kappa shape index (κ1) is 19.0. The van der Waals surface area contributed by atoms with Crippen LogP contribution in [0.25, 0.3) is 11.4 Å². The number of rotatable bonds is 6. The van der Waals surface area contributed by atoms with Gasteiger partial charge in [-0.2, -0.15) is 0 Å². The second kappa shape index (κ2) is 8.26. The van der Waals surface area contributed by atoms with Crippen molar-refractivity contribution in [1.82, 2.24) is 14.8 Å². The summed E-state index contributed by atoms with van der Waals surface area (Å²) in [6, 6.07) is 13.5. The maximum Gasteiger partial charge on any atom is 0.234 e. The highest BCUT2D eigenvalue weighted by atomic mass is 32.2. The molecule has 0 spiro atoms. The van der Waals surface area contributed by atoms with Crippen LogP contribution in [0.1, 0.15) is 11.1 Å². The van der Waals surface area contributed by atoms with Crippen molar-refractivity contribution < 1.29 is 9.53 Å². The average Bonchev–Trinajstić information content (AvgIpc) is 3.04. The van der Waals surface area contributed by atoms with Gasteiger partial charge in [-0.3, -0.25) is 4.79 Å². The van der Waals surface area contributed by atoms with Gasteiger partial charge in [0.1, 0.15) is 5.75 Å². The molecule has 1 amide bonds. The van der Waals surface area contributed by atoms with Crippen molar-refractivity contribution in [3.63, 3.8) is 0 Å². The number of carbonyl (C=O) groups is 1. The average molecular weight is 382 g/mol. The Bertz CT molecular complexity index is 968. The lowest BCUT2D eigenvalue weighted by molar-refractivity contribution is -0.113. The monoisotopic (exact) mass is 382 g/mol. The van der Waals surface area contributed by atoms with Crippen LogP contribution < -0.4 is 10.1 Å². The third-order valence-corrected chi connectivity index (χ3v) is 5.41. The van der Waals surface area contributed by atoms with Gasteiger partial charge in [-0.05, 0) is 43.2 Å². The summed E-state index contributed by atoms with van der Waals surface area (Å²) in [6.45, 7) is 4.03. The maximum absolute atomic E-state index is 12.3. The number of nitrogens with zero attached hydrogens (tertiary/aromatic N) is 3. The van der Waals surface area contributed by atoms with Crippen molar-refractivity contribution in [3.8, 4) is 17.1 Å². The Morgan fingerprint density at radius 3 is 2.70 bits per heavy atom. The zero-order valence-electron chi connectivity index (χ0n) is 15.8. The molecule has 0 radical (unpaired) electrons. The van der Waals surface area contributed by atoms with Gasteiger partial charge in [0.25, 0.3) is 0 Å². The molecule has 1 N–H and O–H groups in total. The minimum Gasteiger partial charge on any atom is -0.496 e. The van der Waals surface area contributed by atoms with E-state index in [2.05, 4.69) is 15.5 Å². The van der Waals surface area contributed by atoms with Crippen molar-refractivity contribution in [2.45, 2.75) is 19.0 Å². The minimum absolute atomic E-state index is 0.0736. The van der Waals surface area contributed by atoms with Gasteiger partial charge < -0.3 is 14.6 Å². The van der Waals surface area contributed by atoms with Gasteiger partial charge in [0.2, 0.25) is 5.91 Å². The summed E-state index contributed by atoms with van der Waals surface area (Å²) in [5.74, 6) is 1.61. The first-order chi connectivity index (χ1) is 13.0. The summed E-state index contributed by atoms with van der Waals surface area (Å²) in [5.41, 5.74) is 3.93. The summed E-state index contributed by atoms with van der Waals surface area (Å²) in [7, 11) is 3.51. The lowest BCUT2D eigenvalue weighted by Gasteiger charge is -2.10. The fraction of sp³-hybridized carbons (Fsp3) is 0.250. The van der Waals surface area contributed by atoms with Crippen LogP contribution in [-0.4, -0.2) is 33.5 Å². The summed E-state index contributed by atoms with van der Waals surface area (Å²) < 4.78 is 7.27. The minimum atomic E-state index is -0.0736. The third kappa shape index (κ3) is 4.14. The Labute approximate surface area is 163 Å². The highest BCUT2D eigenvalue weighted by Crippen LogP contribution is 2.30. The molecule has 0 bridgehead atoms. The molecule has 140 valence electrons. The van der Waals surface area contributed by atoms with E-state index in [9.17, 15) is 4.79 Å². The van der Waals surface area contributed by atoms with Crippen LogP contribution >= 0.6 is 11.8 Å². The molecule has 27 heavy (non-hydrogen) atoms. The van der Waals surface area contributed by atoms with E-state index >= 15 is 0 Å². The lowest BCUT2D eigenvalue weighted by atomic mass is 10.1. The number of thioether (sulfide) groups is 1. The molecular weight excluding hydrogens is 360 g/mol. The predicted octanol–water partition coefficient (Wildman–Crippen LogP) is 3.84. The number of nitrogens with one attached hydrogen (secondary N) is 1. The van der Waals surface area contributed by atoms with Gasteiger partial charge in [-0.25, -0.2) is 0 Å². The largest absolute Gasteiger partial charge is 0.496 e. The molecule has 0 saturated heterocycles. The molecule has 0 aliphatic carbocycles. The Morgan fingerprint density at radius 1 is 1.15 bits per heavy atom. The highest BCUT2D eigenvalue weighted by Gasteiger charge is 2.16. The number of hydrogen-bond acceptors (Lipinski definition) is 5. The van der Waals surface area contributed by atoms with Gasteiger partial charge in [0, 0.05) is 12.7 Å². The fourth-order valence-electron chi connectivity index (χ4n) is 2.71. The number of para-hydroxylation sites is 1. The van der Waals surface area contributed by atoms with Crippen molar-refractivity contribution in [1.29, 1.82) is 0 Å². The van der Waals surface area contributed by atoms with E-state index < -0.39 is 0 Å². The fourth-order valence-corrected chi connectivity index (χ4v) is 3.42. The first-order valence-corrected chi connectivity index (χ1v) is 9.51. The topological polar surface area (TPSA) is 69.0 Å². The van der Waals surface area contributed by atoms with Gasteiger partial charge >= 0.3 is 0 Å². The number of aromatic nitrogens is 3. The second-order valence-electron chi connectivity index (χ2n) is 6.15. The Balaban J connectivity index is 1.69. The van der Waals surface area contributed by atoms with E-state index in [-0.39, 0.29) is 11.7 Å². The standard InChI is InChI=1S/C20H22N4O2S/c1-13-8-7-10-16(14(13)2)21-18(25)12-27-20-23-22-19(24(20)3)15-9-5-6-11-17(15)26-4/h5-11H,12H2,1-4H3,(H,21,25). The molecule has 0 aliphatic heterocycles. The van der Waals surface area contributed by atoms with Crippen LogP contribution in [0, 0.1) is 13.8 Å². The molecule has 7 heteroatoms. The van der Waals surface area contributed by atoms with Crippen LogP contribution in [0.4, 0.5) is 5.69 Å². The van der Waals surface area contributed by atoms with Crippen molar-refractivity contribution in [2.24, 2.45) is 7.05 Å². The zero-order valence-corrected chi connectivity index (χ0v) is 16.6. The molecule has 3 aromatic rings. The third-order valence-electron chi connectivity index (χ3n) is 4.39. The SMILES string of the molecule is COc1ccccc1-c1nnc(SCC(=O)Nc2cccc(C)c2C)n1C. The Hall–Kier alpha value is -2.80. The molecule has 1 heterocycles. The molecule has 3 rings (SSSR count). The summed E-state index contributed by atoms with van der Waals surface area (Å²) in [5, 5.41) is 12.1. The normalized spacial score (nSPS) is 10.7. The molecular formula is C20H22N4O2S. The molecule has 0 aliphatic rings. The van der Waals surface area contributed by atoms with Crippen molar-refractivity contribution >= 4 is 23.4 Å². The maximum atomic E-state index is 12.3. The van der Waals surface area contributed by atoms with E-state index in [4.69, 9.17) is 4.74 Å². The lowest BCUT2D eigenvalue weighted by Crippen LogP contribution is -2.15. The van der Waals surface area contributed by atoms with E-state index in [0.717, 1.165) is 28.1 Å². The van der Waals surface area contributed by atoms with Crippen LogP contribution in [0.15, 0.2) is 47.6 Å². The number of anilines is 1. The van der Waals surface area contributed by atoms with Gasteiger partial charge in [0.05, 0.1) is 18.4 Å². The summed E-state index contributed by atoms with van der Waals surface area (Å²) in [6.07, 6.45) is 0. The number of aryl methyl sites for hydroxylation is 1. The summed E-state index contributed by atoms with van der Waals surface area (Å²) in [4.78, 5) is 12.3. The molecule has 6 nitrogen and oxygen atoms in total. The zero-order chi connectivity index (χ0) is 19.4. The Kier molecular flexibility index (Phi) is 5.81. The second-order valence-corrected chi connectivity index (χ2v) is 7.09. The van der Waals surface area contributed by atoms with Crippen LogP contribution in [0.5, 0.6) is 5.75 Å². The first-order valence-electron chi connectivity index (χ1n) is 8.53. The Morgan fingerprint density at radius 2 is 1.93 bits per heavy atom. The number of amides is 1. The molecule has 0 fully saturated rings. The van der Waals surface area contributed by atoms with Crippen molar-refractivity contribution in [2.75, 3.05) is 18.2 Å². The summed E-state index contributed by atoms with van der Waals surface area (Å²) >= 11 is 1.35. The smallest absolute Gasteiger partial charge is 0.234 e. The highest BCUT2D eigenvalue weighted by molar-refractivity contribution is 7.99. The molecule has 0 unspecified atom stereocenters.